The van der Waals surface area contributed by atoms with Crippen molar-refractivity contribution in [2.75, 3.05) is 6.54 Å². The fourth-order valence-corrected chi connectivity index (χ4v) is 0.839. The van der Waals surface area contributed by atoms with Gasteiger partial charge in [0.2, 0.25) is 0 Å². The van der Waals surface area contributed by atoms with Gasteiger partial charge in [0, 0.05) is 12.2 Å². The lowest BCUT2D eigenvalue weighted by Gasteiger charge is -2.05. The van der Waals surface area contributed by atoms with Crippen molar-refractivity contribution in [2.45, 2.75) is 13.8 Å². The Bertz CT molecular complexity index is 145. The second-order valence-corrected chi connectivity index (χ2v) is 2.59. The van der Waals surface area contributed by atoms with Gasteiger partial charge in [0.1, 0.15) is 0 Å². The highest BCUT2D eigenvalue weighted by molar-refractivity contribution is 5.12. The summed E-state index contributed by atoms with van der Waals surface area (Å²) in [5, 5.41) is 3.29. The number of hydrogen-bond donors (Lipinski definition) is 1. The van der Waals surface area contributed by atoms with Crippen LogP contribution < -0.4 is 5.32 Å². The van der Waals surface area contributed by atoms with Crippen LogP contribution in [-0.4, -0.2) is 6.54 Å². The number of hydrogen-bond acceptors (Lipinski definition) is 1. The molecule has 1 aliphatic rings. The molecular formula is C8H13N. The molecule has 0 amide bonds. The Labute approximate surface area is 56.5 Å². The van der Waals surface area contributed by atoms with Gasteiger partial charge in [-0.2, -0.15) is 0 Å². The molecule has 0 saturated heterocycles. The lowest BCUT2D eigenvalue weighted by atomic mass is 10.2. The van der Waals surface area contributed by atoms with Crippen LogP contribution in [0, 0.1) is 5.92 Å². The van der Waals surface area contributed by atoms with Gasteiger partial charge < -0.3 is 5.32 Å². The Kier molecular flexibility index (Phi) is 1.93. The first-order chi connectivity index (χ1) is 4.29. The summed E-state index contributed by atoms with van der Waals surface area (Å²) >= 11 is 0. The molecule has 1 rings (SSSR count). The van der Waals surface area contributed by atoms with Crippen molar-refractivity contribution in [3.63, 3.8) is 0 Å². The molecule has 1 heterocycles. The van der Waals surface area contributed by atoms with E-state index in [0.29, 0.717) is 5.92 Å². The largest absolute Gasteiger partial charge is 0.388 e. The zero-order valence-corrected chi connectivity index (χ0v) is 6.02. The molecular weight excluding hydrogens is 110 g/mol. The summed E-state index contributed by atoms with van der Waals surface area (Å²) in [6.45, 7) is 5.36. The van der Waals surface area contributed by atoms with Crippen LogP contribution in [0.5, 0.6) is 0 Å². The molecule has 0 aliphatic carbocycles. The van der Waals surface area contributed by atoms with E-state index in [1.807, 2.05) is 0 Å². The smallest absolute Gasteiger partial charge is 0.0204 e. The van der Waals surface area contributed by atoms with Crippen LogP contribution in [0.3, 0.4) is 0 Å². The van der Waals surface area contributed by atoms with Crippen molar-refractivity contribution in [1.29, 1.82) is 0 Å². The van der Waals surface area contributed by atoms with E-state index in [0.717, 1.165) is 6.54 Å². The average molecular weight is 123 g/mol. The third-order valence-electron chi connectivity index (χ3n) is 1.49. The molecule has 0 aromatic carbocycles. The van der Waals surface area contributed by atoms with Gasteiger partial charge in [-0.25, -0.2) is 0 Å². The van der Waals surface area contributed by atoms with Gasteiger partial charge in [0.25, 0.3) is 0 Å². The molecule has 0 saturated carbocycles. The SMILES string of the molecule is CC1=CC=CC(C)CN1. The maximum atomic E-state index is 3.29. The topological polar surface area (TPSA) is 12.0 Å². The van der Waals surface area contributed by atoms with Crippen molar-refractivity contribution in [2.24, 2.45) is 5.92 Å². The molecule has 9 heavy (non-hydrogen) atoms. The minimum Gasteiger partial charge on any atom is -0.388 e. The third kappa shape index (κ3) is 1.92. The Morgan fingerprint density at radius 1 is 1.67 bits per heavy atom. The summed E-state index contributed by atoms with van der Waals surface area (Å²) < 4.78 is 0. The lowest BCUT2D eigenvalue weighted by Crippen LogP contribution is -2.16. The normalized spacial score (nSPS) is 26.4. The maximum absolute atomic E-state index is 3.29. The van der Waals surface area contributed by atoms with Crippen LogP contribution in [0.4, 0.5) is 0 Å². The summed E-state index contributed by atoms with van der Waals surface area (Å²) in [4.78, 5) is 0. The highest BCUT2D eigenvalue weighted by Gasteiger charge is 1.97. The van der Waals surface area contributed by atoms with Crippen LogP contribution in [0.2, 0.25) is 0 Å². The quantitative estimate of drug-likeness (QED) is 0.517. The van der Waals surface area contributed by atoms with Crippen molar-refractivity contribution in [3.8, 4) is 0 Å². The fraction of sp³-hybridized carbons (Fsp3) is 0.500. The van der Waals surface area contributed by atoms with E-state index in [1.54, 1.807) is 0 Å². The molecule has 0 radical (unpaired) electrons. The molecule has 0 aromatic rings. The molecule has 1 atom stereocenters. The molecule has 0 spiro atoms. The molecule has 0 aromatic heterocycles. The van der Waals surface area contributed by atoms with E-state index in [9.17, 15) is 0 Å². The number of rotatable bonds is 0. The van der Waals surface area contributed by atoms with Crippen LogP contribution in [-0.2, 0) is 0 Å². The van der Waals surface area contributed by atoms with Gasteiger partial charge in [-0.3, -0.25) is 0 Å². The van der Waals surface area contributed by atoms with E-state index in [4.69, 9.17) is 0 Å². The molecule has 1 aliphatic heterocycles. The summed E-state index contributed by atoms with van der Waals surface area (Å²) in [5.74, 6) is 0.665. The summed E-state index contributed by atoms with van der Waals surface area (Å²) in [6, 6.07) is 0. The zero-order valence-electron chi connectivity index (χ0n) is 6.02. The van der Waals surface area contributed by atoms with Gasteiger partial charge in [-0.1, -0.05) is 19.1 Å². The minimum atomic E-state index is 0.665. The molecule has 1 heteroatoms. The van der Waals surface area contributed by atoms with Gasteiger partial charge >= 0.3 is 0 Å². The van der Waals surface area contributed by atoms with Gasteiger partial charge in [-0.05, 0) is 18.9 Å². The first kappa shape index (κ1) is 6.40. The number of nitrogens with one attached hydrogen (secondary N) is 1. The van der Waals surface area contributed by atoms with Crippen molar-refractivity contribution in [1.82, 2.24) is 5.32 Å². The second-order valence-electron chi connectivity index (χ2n) is 2.59. The van der Waals surface area contributed by atoms with Crippen molar-refractivity contribution < 1.29 is 0 Å². The van der Waals surface area contributed by atoms with E-state index in [2.05, 4.69) is 37.4 Å². The highest BCUT2D eigenvalue weighted by atomic mass is 14.9. The Balaban J connectivity index is 2.55. The van der Waals surface area contributed by atoms with E-state index < -0.39 is 0 Å². The first-order valence-corrected chi connectivity index (χ1v) is 3.38. The Morgan fingerprint density at radius 2 is 2.44 bits per heavy atom. The van der Waals surface area contributed by atoms with Gasteiger partial charge in [0.05, 0.1) is 0 Å². The molecule has 1 unspecified atom stereocenters. The predicted molar refractivity (Wildman–Crippen MR) is 40.1 cm³/mol. The average Bonchev–Trinajstić information content (AvgIpc) is 1.97. The summed E-state index contributed by atoms with van der Waals surface area (Å²) in [7, 11) is 0. The molecule has 50 valence electrons. The van der Waals surface area contributed by atoms with Crippen LogP contribution in [0.15, 0.2) is 23.9 Å². The lowest BCUT2D eigenvalue weighted by molar-refractivity contribution is 0.657. The third-order valence-corrected chi connectivity index (χ3v) is 1.49. The van der Waals surface area contributed by atoms with Crippen molar-refractivity contribution in [3.05, 3.63) is 23.9 Å². The van der Waals surface area contributed by atoms with Gasteiger partial charge in [-0.15, -0.1) is 0 Å². The van der Waals surface area contributed by atoms with Crippen LogP contribution >= 0.6 is 0 Å². The highest BCUT2D eigenvalue weighted by Crippen LogP contribution is 2.01. The Morgan fingerprint density at radius 3 is 3.22 bits per heavy atom. The molecule has 1 nitrogen and oxygen atoms in total. The monoisotopic (exact) mass is 123 g/mol. The molecule has 0 fully saturated rings. The van der Waals surface area contributed by atoms with E-state index in [1.165, 1.54) is 5.70 Å². The van der Waals surface area contributed by atoms with Crippen LogP contribution in [0.25, 0.3) is 0 Å². The van der Waals surface area contributed by atoms with E-state index >= 15 is 0 Å². The van der Waals surface area contributed by atoms with Gasteiger partial charge in [0.15, 0.2) is 0 Å². The fourth-order valence-electron chi connectivity index (χ4n) is 0.839. The van der Waals surface area contributed by atoms with E-state index in [-0.39, 0.29) is 0 Å². The second kappa shape index (κ2) is 2.72. The Hall–Kier alpha value is -0.720. The first-order valence-electron chi connectivity index (χ1n) is 3.38. The maximum Gasteiger partial charge on any atom is 0.0204 e. The zero-order chi connectivity index (χ0) is 6.69. The molecule has 0 bridgehead atoms. The summed E-state index contributed by atoms with van der Waals surface area (Å²) in [6.07, 6.45) is 6.42. The van der Waals surface area contributed by atoms with Crippen LogP contribution in [0.1, 0.15) is 13.8 Å². The summed E-state index contributed by atoms with van der Waals surface area (Å²) in [5.41, 5.74) is 1.26. The minimum absolute atomic E-state index is 0.665. The standard InChI is InChI=1S/C8H13N/c1-7-4-3-5-8(2)9-6-7/h3-5,7,9H,6H2,1-2H3. The van der Waals surface area contributed by atoms with Crippen molar-refractivity contribution >= 4 is 0 Å². The molecule has 1 N–H and O–H groups in total. The number of allylic oxidation sites excluding steroid dienone is 3. The predicted octanol–water partition coefficient (Wildman–Crippen LogP) is 1.69.